The van der Waals surface area contributed by atoms with Gasteiger partial charge in [0.15, 0.2) is 0 Å². The zero-order valence-electron chi connectivity index (χ0n) is 41.5. The summed E-state index contributed by atoms with van der Waals surface area (Å²) in [5.41, 5.74) is 2.09. The molecule has 17 nitrogen and oxygen atoms in total. The summed E-state index contributed by atoms with van der Waals surface area (Å²) in [6.45, 7) is 6.95. The largest absolute Gasteiger partial charge is 0.508 e. The fourth-order valence-electron chi connectivity index (χ4n) is 5.76. The Morgan fingerprint density at radius 3 is 1.21 bits per heavy atom. The van der Waals surface area contributed by atoms with Crippen LogP contribution < -0.4 is 9.84 Å². The lowest BCUT2D eigenvalue weighted by molar-refractivity contribution is -0.148. The first-order chi connectivity index (χ1) is 33.7. The summed E-state index contributed by atoms with van der Waals surface area (Å²) in [5.74, 6) is -2.85. The summed E-state index contributed by atoms with van der Waals surface area (Å²) >= 11 is 15.5. The number of aromatic hydroxyl groups is 4. The zero-order chi connectivity index (χ0) is 54.7. The minimum Gasteiger partial charge on any atom is -0.508 e. The van der Waals surface area contributed by atoms with Crippen LogP contribution in [0.3, 0.4) is 0 Å². The molecule has 0 aliphatic rings. The highest BCUT2D eigenvalue weighted by molar-refractivity contribution is 8.08. The topological polar surface area (TPSA) is 239 Å². The summed E-state index contributed by atoms with van der Waals surface area (Å²) in [6, 6.07) is 34.3. The number of phenolic OH excluding ortho intramolecular Hbond substituents is 4. The first-order valence-corrected chi connectivity index (χ1v) is 31.0. The molecule has 5 N–H and O–H groups in total. The smallest absolute Gasteiger partial charge is 0.328 e. The third-order valence-corrected chi connectivity index (χ3v) is 13.4. The van der Waals surface area contributed by atoms with Gasteiger partial charge in [0.25, 0.3) is 0 Å². The quantitative estimate of drug-likeness (QED) is 0.0330. The van der Waals surface area contributed by atoms with Crippen LogP contribution in [0.1, 0.15) is 49.5 Å². The van der Waals surface area contributed by atoms with Crippen molar-refractivity contribution in [2.75, 3.05) is 61.0 Å². The minimum atomic E-state index is -3.35. The van der Waals surface area contributed by atoms with Gasteiger partial charge in [-0.25, -0.2) is 18.9 Å². The summed E-state index contributed by atoms with van der Waals surface area (Å²) < 4.78 is 58.2. The van der Waals surface area contributed by atoms with E-state index in [-0.39, 0.29) is 42.5 Å². The molecule has 0 aliphatic heterocycles. The number of nitrogens with zero attached hydrogens (tertiary/aromatic N) is 2. The summed E-state index contributed by atoms with van der Waals surface area (Å²) in [7, 11) is 1.43. The predicted octanol–water partition coefficient (Wildman–Crippen LogP) is 11.6. The summed E-state index contributed by atoms with van der Waals surface area (Å²) in [6.07, 6.45) is 0.551. The van der Waals surface area contributed by atoms with Gasteiger partial charge in [-0.1, -0.05) is 72.8 Å². The molecule has 23 heteroatoms. The monoisotopic (exact) mass is 1120 g/mol. The highest BCUT2D eigenvalue weighted by Crippen LogP contribution is 2.54. The molecule has 5 aromatic rings. The Hall–Kier alpha value is -5.05. The van der Waals surface area contributed by atoms with Crippen molar-refractivity contribution >= 4 is 71.6 Å². The van der Waals surface area contributed by atoms with Crippen molar-refractivity contribution < 1.29 is 67.2 Å². The Morgan fingerprint density at radius 1 is 0.542 bits per heavy atom. The Kier molecular flexibility index (Phi) is 29.7. The van der Waals surface area contributed by atoms with Crippen molar-refractivity contribution in [3.05, 3.63) is 150 Å². The van der Waals surface area contributed by atoms with Crippen LogP contribution in [-0.2, 0) is 48.7 Å². The number of phenols is 4. The van der Waals surface area contributed by atoms with Crippen LogP contribution in [-0.4, -0.2) is 115 Å². The first kappa shape index (κ1) is 65.0. The van der Waals surface area contributed by atoms with Crippen LogP contribution in [0.15, 0.2) is 133 Å². The molecule has 5 rings (SSSR count). The fourth-order valence-corrected chi connectivity index (χ4v) is 7.95. The van der Waals surface area contributed by atoms with Crippen LogP contribution >= 0.6 is 53.7 Å². The van der Waals surface area contributed by atoms with Crippen molar-refractivity contribution in [3.8, 4) is 28.7 Å². The van der Waals surface area contributed by atoms with E-state index in [9.17, 15) is 38.3 Å². The lowest BCUT2D eigenvalue weighted by Crippen LogP contribution is -2.37. The number of rotatable bonds is 17. The molecular formula is C49H65Cl3N3O14P3. The normalized spacial score (nSPS) is 13.6. The number of carbonyl (C=O) groups excluding carboxylic acids is 3. The van der Waals surface area contributed by atoms with E-state index in [0.717, 1.165) is 5.56 Å². The van der Waals surface area contributed by atoms with Crippen molar-refractivity contribution in [2.45, 2.75) is 45.3 Å². The zero-order valence-corrected chi connectivity index (χ0v) is 46.5. The molecule has 0 bridgehead atoms. The van der Waals surface area contributed by atoms with Gasteiger partial charge >= 0.3 is 25.4 Å². The van der Waals surface area contributed by atoms with E-state index in [0.29, 0.717) is 35.7 Å². The number of para-hydroxylation sites is 2. The maximum atomic E-state index is 13.1. The van der Waals surface area contributed by atoms with Gasteiger partial charge in [-0.2, -0.15) is 0 Å². The molecule has 0 heterocycles. The van der Waals surface area contributed by atoms with E-state index in [1.165, 1.54) is 60.6 Å². The average Bonchev–Trinajstić information content (AvgIpc) is 3.31. The summed E-state index contributed by atoms with van der Waals surface area (Å²) in [5, 5.41) is 39.4. The van der Waals surface area contributed by atoms with E-state index in [2.05, 4.69) is 5.32 Å². The second kappa shape index (κ2) is 32.9. The minimum absolute atomic E-state index is 0.0780. The molecule has 396 valence electrons. The van der Waals surface area contributed by atoms with Crippen molar-refractivity contribution in [1.29, 1.82) is 0 Å². The molecular weight excluding hydrogens is 1050 g/mol. The van der Waals surface area contributed by atoms with Crippen LogP contribution in [0.25, 0.3) is 0 Å². The molecule has 5 aromatic carbocycles. The highest BCUT2D eigenvalue weighted by Gasteiger charge is 2.37. The molecule has 0 aromatic heterocycles. The first-order valence-electron chi connectivity index (χ1n) is 22.0. The number of likely N-dealkylation sites (N-methyl/N-ethyl adjacent to an activating group) is 3. The van der Waals surface area contributed by atoms with Gasteiger partial charge in [0.1, 0.15) is 46.9 Å². The van der Waals surface area contributed by atoms with Gasteiger partial charge < -0.3 is 44.5 Å². The Morgan fingerprint density at radius 2 is 0.875 bits per heavy atom. The number of esters is 3. The van der Waals surface area contributed by atoms with Crippen molar-refractivity contribution in [3.63, 3.8) is 0 Å². The van der Waals surface area contributed by atoms with Crippen LogP contribution in [0, 0.1) is 0 Å². The number of hydrogen-bond donors (Lipinski definition) is 5. The Bertz CT molecular complexity index is 2500. The molecule has 0 fully saturated rings. The Labute approximate surface area is 436 Å². The number of ether oxygens (including phenoxy) is 3. The van der Waals surface area contributed by atoms with Gasteiger partial charge in [0.2, 0.25) is 12.5 Å². The maximum absolute atomic E-state index is 13.1. The maximum Gasteiger partial charge on any atom is 0.328 e. The van der Waals surface area contributed by atoms with Gasteiger partial charge in [-0.15, -0.1) is 0 Å². The molecule has 0 saturated heterocycles. The number of carbonyl (C=O) groups is 3. The molecule has 0 saturated carbocycles. The lowest BCUT2D eigenvalue weighted by Gasteiger charge is -2.31. The van der Waals surface area contributed by atoms with Gasteiger partial charge in [-0.05, 0) is 159 Å². The highest BCUT2D eigenvalue weighted by atomic mass is 35.9. The molecule has 72 heavy (non-hydrogen) atoms. The van der Waals surface area contributed by atoms with E-state index in [1.54, 1.807) is 132 Å². The molecule has 0 radical (unpaired) electrons. The molecule has 0 aliphatic carbocycles. The lowest BCUT2D eigenvalue weighted by atomic mass is 10.1. The number of benzene rings is 5. The molecule has 5 unspecified atom stereocenters. The van der Waals surface area contributed by atoms with Crippen molar-refractivity contribution in [1.82, 2.24) is 14.7 Å². The van der Waals surface area contributed by atoms with Gasteiger partial charge in [0, 0.05) is 20.0 Å². The Balaban J connectivity index is 0.000000491. The second-order valence-electron chi connectivity index (χ2n) is 15.1. The van der Waals surface area contributed by atoms with Gasteiger partial charge in [0.05, 0.1) is 19.8 Å². The van der Waals surface area contributed by atoms with E-state index >= 15 is 0 Å². The predicted molar refractivity (Wildman–Crippen MR) is 285 cm³/mol. The van der Waals surface area contributed by atoms with E-state index in [1.807, 2.05) is 12.1 Å². The summed E-state index contributed by atoms with van der Waals surface area (Å²) in [4.78, 5) is 36.0. The van der Waals surface area contributed by atoms with Gasteiger partial charge in [-0.3, -0.25) is 18.5 Å². The van der Waals surface area contributed by atoms with Crippen LogP contribution in [0.5, 0.6) is 28.7 Å². The van der Waals surface area contributed by atoms with Crippen LogP contribution in [0.4, 0.5) is 0 Å². The number of nitrogens with one attached hydrogen (secondary N) is 1. The molecule has 0 amide bonds. The standard InChI is InChI=1S/C18H22NO5P.C12H17ClNO4P.C12H17NO3.C6H6O.CH3Cl2OP/c1-4-23-18(21)17(14-10-12-15(20)13-11-14)19(2)25(3,22)24-16-8-6-5-7-9-16;1-4-18-12(16)11(14(2)19(3,13)17)9-5-7-10(15)8-6-9;1-3-16-12(15)11(13-2)8-9-4-6-10(14)7-5-9;7-6-4-2-1-3-5-6;1-5(2,3)4/h5-13,17,20H,4H2,1-3H3;5-8,11,15H,4H2,1-3H3;4-7,11,13-14H,3,8H2,1-2H3;1-5,7H;1H3. The van der Waals surface area contributed by atoms with Crippen LogP contribution in [0.2, 0.25) is 0 Å². The van der Waals surface area contributed by atoms with Crippen molar-refractivity contribution in [2.24, 2.45) is 0 Å². The third kappa shape index (κ3) is 26.1. The molecule has 5 atom stereocenters. The number of hydrogen-bond acceptors (Lipinski definition) is 15. The number of halogens is 3. The fraction of sp³-hybridized carbons (Fsp3) is 0.327. The van der Waals surface area contributed by atoms with E-state index in [4.69, 9.17) is 62.7 Å². The average molecular weight is 1120 g/mol. The molecule has 0 spiro atoms. The second-order valence-corrected chi connectivity index (χ2v) is 27.5. The third-order valence-electron chi connectivity index (χ3n) is 9.39. The van der Waals surface area contributed by atoms with E-state index < -0.39 is 44.0 Å². The SMILES string of the molecule is CCOC(=O)C(Cc1ccc(O)cc1)NC.CCOC(=O)C(c1ccc(O)cc1)N(C)P(C)(=O)Cl.CCOC(=O)C(c1ccc(O)cc1)N(C)P(C)(=O)Oc1ccccc1.CP(=O)(Cl)Cl.Oc1ccccc1.